The Morgan fingerprint density at radius 1 is 1.48 bits per heavy atom. The van der Waals surface area contributed by atoms with Gasteiger partial charge in [0.05, 0.1) is 0 Å². The number of aryl methyl sites for hydroxylation is 1. The fourth-order valence-electron chi connectivity index (χ4n) is 1.98. The van der Waals surface area contributed by atoms with E-state index in [2.05, 4.69) is 27.2 Å². The Morgan fingerprint density at radius 3 is 2.81 bits per heavy atom. The first-order valence-corrected chi connectivity index (χ1v) is 10.0. The molecular formula is C13H24N4O2S2. The molecule has 3 N–H and O–H groups in total. The van der Waals surface area contributed by atoms with E-state index in [-0.39, 0.29) is 5.03 Å². The van der Waals surface area contributed by atoms with Gasteiger partial charge in [-0.1, -0.05) is 6.92 Å². The summed E-state index contributed by atoms with van der Waals surface area (Å²) >= 11 is 1.73. The van der Waals surface area contributed by atoms with Crippen molar-refractivity contribution in [2.24, 2.45) is 0 Å². The number of nitrogens with one attached hydrogen (secondary N) is 3. The molecule has 0 radical (unpaired) electrons. The SMILES string of the molecule is CSC(C)CCNS(=O)(=O)c1n[nH]c(C)c1CNC1CC1. The van der Waals surface area contributed by atoms with Gasteiger partial charge in [-0.25, -0.2) is 13.1 Å². The molecule has 1 unspecified atom stereocenters. The van der Waals surface area contributed by atoms with E-state index < -0.39 is 10.0 Å². The van der Waals surface area contributed by atoms with E-state index in [1.807, 2.05) is 13.2 Å². The second kappa shape index (κ2) is 7.13. The summed E-state index contributed by atoms with van der Waals surface area (Å²) in [7, 11) is -3.54. The number of rotatable bonds is 9. The lowest BCUT2D eigenvalue weighted by molar-refractivity contribution is 0.571. The average molecular weight is 332 g/mol. The summed E-state index contributed by atoms with van der Waals surface area (Å²) in [4.78, 5) is 0. The highest BCUT2D eigenvalue weighted by atomic mass is 32.2. The van der Waals surface area contributed by atoms with E-state index in [1.165, 1.54) is 12.8 Å². The molecule has 1 aliphatic rings. The van der Waals surface area contributed by atoms with Gasteiger partial charge in [0, 0.05) is 35.6 Å². The van der Waals surface area contributed by atoms with E-state index in [9.17, 15) is 8.42 Å². The Hall–Kier alpha value is -0.570. The highest BCUT2D eigenvalue weighted by molar-refractivity contribution is 7.99. The van der Waals surface area contributed by atoms with Crippen LogP contribution < -0.4 is 10.0 Å². The number of nitrogens with zero attached hydrogens (tertiary/aromatic N) is 1. The Bertz CT molecular complexity index is 567. The zero-order valence-electron chi connectivity index (χ0n) is 12.8. The summed E-state index contributed by atoms with van der Waals surface area (Å²) in [6, 6.07) is 0.533. The number of hydrogen-bond acceptors (Lipinski definition) is 5. The predicted octanol–water partition coefficient (Wildman–Crippen LogP) is 1.39. The van der Waals surface area contributed by atoms with Gasteiger partial charge in [0.2, 0.25) is 0 Å². The summed E-state index contributed by atoms with van der Waals surface area (Å²) in [5.41, 5.74) is 1.55. The van der Waals surface area contributed by atoms with E-state index in [0.717, 1.165) is 17.7 Å². The molecule has 120 valence electrons. The number of H-pyrrole nitrogens is 1. The van der Waals surface area contributed by atoms with Crippen molar-refractivity contribution in [1.82, 2.24) is 20.2 Å². The van der Waals surface area contributed by atoms with Gasteiger partial charge in [-0.3, -0.25) is 5.10 Å². The third-order valence-electron chi connectivity index (χ3n) is 3.68. The summed E-state index contributed by atoms with van der Waals surface area (Å²) in [6.07, 6.45) is 5.17. The van der Waals surface area contributed by atoms with Crippen LogP contribution in [-0.4, -0.2) is 42.7 Å². The minimum atomic E-state index is -3.54. The zero-order chi connectivity index (χ0) is 15.5. The molecule has 0 aliphatic heterocycles. The standard InChI is InChI=1S/C13H24N4O2S2/c1-9(20-3)6-7-15-21(18,19)13-12(10(2)16-17-13)8-14-11-4-5-11/h9,11,14-15H,4-8H2,1-3H3,(H,16,17). The first-order valence-electron chi connectivity index (χ1n) is 7.23. The molecule has 21 heavy (non-hydrogen) atoms. The third-order valence-corrected chi connectivity index (χ3v) is 6.15. The monoisotopic (exact) mass is 332 g/mol. The molecule has 2 rings (SSSR count). The quantitative estimate of drug-likeness (QED) is 0.636. The predicted molar refractivity (Wildman–Crippen MR) is 86.0 cm³/mol. The number of aromatic amines is 1. The first kappa shape index (κ1) is 16.8. The molecule has 1 atom stereocenters. The molecule has 0 aromatic carbocycles. The molecule has 1 fully saturated rings. The number of thioether (sulfide) groups is 1. The minimum Gasteiger partial charge on any atom is -0.310 e. The van der Waals surface area contributed by atoms with Crippen molar-refractivity contribution in [1.29, 1.82) is 0 Å². The van der Waals surface area contributed by atoms with Crippen molar-refractivity contribution in [3.63, 3.8) is 0 Å². The van der Waals surface area contributed by atoms with Crippen LogP contribution >= 0.6 is 11.8 Å². The van der Waals surface area contributed by atoms with Gasteiger partial charge in [-0.05, 0) is 32.4 Å². The van der Waals surface area contributed by atoms with Gasteiger partial charge in [0.15, 0.2) is 5.03 Å². The van der Waals surface area contributed by atoms with Crippen molar-refractivity contribution in [2.45, 2.75) is 56.0 Å². The maximum atomic E-state index is 12.4. The van der Waals surface area contributed by atoms with Crippen LogP contribution in [0, 0.1) is 6.92 Å². The van der Waals surface area contributed by atoms with E-state index >= 15 is 0 Å². The second-order valence-corrected chi connectivity index (χ2v) is 8.48. The Kier molecular flexibility index (Phi) is 5.70. The van der Waals surface area contributed by atoms with Gasteiger partial charge < -0.3 is 5.32 Å². The van der Waals surface area contributed by atoms with Crippen LogP contribution in [0.5, 0.6) is 0 Å². The average Bonchev–Trinajstić information content (AvgIpc) is 3.18. The Balaban J connectivity index is 2.01. The molecule has 0 bridgehead atoms. The van der Waals surface area contributed by atoms with Crippen LogP contribution in [0.4, 0.5) is 0 Å². The summed E-state index contributed by atoms with van der Waals surface area (Å²) in [5, 5.41) is 10.7. The molecule has 1 heterocycles. The number of hydrogen-bond donors (Lipinski definition) is 3. The summed E-state index contributed by atoms with van der Waals surface area (Å²) in [6.45, 7) is 4.92. The molecule has 1 saturated carbocycles. The van der Waals surface area contributed by atoms with Crippen LogP contribution in [0.3, 0.4) is 0 Å². The molecule has 1 aromatic rings. The smallest absolute Gasteiger partial charge is 0.260 e. The van der Waals surface area contributed by atoms with Crippen LogP contribution in [0.25, 0.3) is 0 Å². The maximum Gasteiger partial charge on any atom is 0.260 e. The normalized spacial score (nSPS) is 17.1. The highest BCUT2D eigenvalue weighted by Crippen LogP contribution is 2.22. The van der Waals surface area contributed by atoms with Crippen molar-refractivity contribution in [3.05, 3.63) is 11.3 Å². The van der Waals surface area contributed by atoms with E-state index in [0.29, 0.717) is 24.4 Å². The van der Waals surface area contributed by atoms with Gasteiger partial charge in [0.1, 0.15) is 0 Å². The van der Waals surface area contributed by atoms with Crippen molar-refractivity contribution >= 4 is 21.8 Å². The van der Waals surface area contributed by atoms with Gasteiger partial charge in [-0.15, -0.1) is 0 Å². The molecule has 0 amide bonds. The highest BCUT2D eigenvalue weighted by Gasteiger charge is 2.26. The number of aromatic nitrogens is 2. The lowest BCUT2D eigenvalue weighted by atomic mass is 10.2. The van der Waals surface area contributed by atoms with Gasteiger partial charge in [0.25, 0.3) is 10.0 Å². The molecule has 1 aromatic heterocycles. The van der Waals surface area contributed by atoms with Crippen molar-refractivity contribution in [3.8, 4) is 0 Å². The van der Waals surface area contributed by atoms with Crippen molar-refractivity contribution < 1.29 is 8.42 Å². The van der Waals surface area contributed by atoms with Crippen LogP contribution in [0.15, 0.2) is 5.03 Å². The summed E-state index contributed by atoms with van der Waals surface area (Å²) < 4.78 is 27.4. The molecule has 6 nitrogen and oxygen atoms in total. The fraction of sp³-hybridized carbons (Fsp3) is 0.769. The first-order chi connectivity index (χ1) is 9.94. The van der Waals surface area contributed by atoms with Crippen LogP contribution in [0.2, 0.25) is 0 Å². The number of sulfonamides is 1. The molecule has 1 aliphatic carbocycles. The zero-order valence-corrected chi connectivity index (χ0v) is 14.4. The Morgan fingerprint density at radius 2 is 2.19 bits per heavy atom. The lowest BCUT2D eigenvalue weighted by Gasteiger charge is -2.10. The van der Waals surface area contributed by atoms with E-state index in [1.54, 1.807) is 11.8 Å². The lowest BCUT2D eigenvalue weighted by Crippen LogP contribution is -2.28. The second-order valence-electron chi connectivity index (χ2n) is 5.52. The fourth-order valence-corrected chi connectivity index (χ4v) is 3.57. The largest absolute Gasteiger partial charge is 0.310 e. The topological polar surface area (TPSA) is 86.9 Å². The van der Waals surface area contributed by atoms with Crippen LogP contribution in [-0.2, 0) is 16.6 Å². The van der Waals surface area contributed by atoms with Gasteiger partial charge >= 0.3 is 0 Å². The Labute approximate surface area is 130 Å². The van der Waals surface area contributed by atoms with E-state index in [4.69, 9.17) is 0 Å². The van der Waals surface area contributed by atoms with Crippen molar-refractivity contribution in [2.75, 3.05) is 12.8 Å². The molecule has 8 heteroatoms. The molecular weight excluding hydrogens is 308 g/mol. The van der Waals surface area contributed by atoms with Gasteiger partial charge in [-0.2, -0.15) is 16.9 Å². The third kappa shape index (κ3) is 4.70. The summed E-state index contributed by atoms with van der Waals surface area (Å²) in [5.74, 6) is 0. The minimum absolute atomic E-state index is 0.130. The maximum absolute atomic E-state index is 12.4. The van der Waals surface area contributed by atoms with Crippen LogP contribution in [0.1, 0.15) is 37.4 Å². The molecule has 0 saturated heterocycles. The molecule has 0 spiro atoms.